The lowest BCUT2D eigenvalue weighted by atomic mass is 9.99. The first kappa shape index (κ1) is 17.2. The zero-order chi connectivity index (χ0) is 14.6. The molecule has 1 saturated carbocycles. The zero-order valence-electron chi connectivity index (χ0n) is 12.4. The molecule has 0 amide bonds. The minimum Gasteiger partial charge on any atom is -0.300 e. The van der Waals surface area contributed by atoms with Crippen LogP contribution in [0.15, 0.2) is 0 Å². The fourth-order valence-electron chi connectivity index (χ4n) is 2.58. The number of Topliss-reactive ketones (excluding diaryl/α,β-unsaturated/α-hetero) is 2. The van der Waals surface area contributed by atoms with Gasteiger partial charge in [0.15, 0.2) is 0 Å². The van der Waals surface area contributed by atoms with Crippen LogP contribution in [0.2, 0.25) is 25.2 Å². The Balaban J connectivity index is 2.47. The predicted octanol–water partition coefficient (Wildman–Crippen LogP) is 4.14. The molecule has 0 aromatic heterocycles. The SMILES string of the molecule is CC(=O)CC(=O)CSC1CC([Si](C)(C)C)CCC1Cl. The molecule has 0 spiro atoms. The molecule has 3 atom stereocenters. The number of thioether (sulfide) groups is 1. The van der Waals surface area contributed by atoms with Gasteiger partial charge in [0.2, 0.25) is 0 Å². The molecule has 1 aliphatic carbocycles. The topological polar surface area (TPSA) is 34.1 Å². The lowest BCUT2D eigenvalue weighted by molar-refractivity contribution is -0.124. The molecule has 19 heavy (non-hydrogen) atoms. The maximum atomic E-state index is 11.6. The smallest absolute Gasteiger partial charge is 0.150 e. The summed E-state index contributed by atoms with van der Waals surface area (Å²) < 4.78 is 0. The molecular weight excluding hydrogens is 296 g/mol. The lowest BCUT2D eigenvalue weighted by Crippen LogP contribution is -2.37. The van der Waals surface area contributed by atoms with Crippen LogP contribution in [0.1, 0.15) is 32.6 Å². The van der Waals surface area contributed by atoms with Crippen molar-refractivity contribution in [3.8, 4) is 0 Å². The van der Waals surface area contributed by atoms with Gasteiger partial charge in [-0.2, -0.15) is 0 Å². The Kier molecular flexibility index (Phi) is 6.60. The molecule has 0 radical (unpaired) electrons. The van der Waals surface area contributed by atoms with E-state index >= 15 is 0 Å². The molecule has 1 aliphatic rings. The van der Waals surface area contributed by atoms with Crippen molar-refractivity contribution < 1.29 is 9.59 Å². The van der Waals surface area contributed by atoms with Crippen molar-refractivity contribution >= 4 is 43.0 Å². The Morgan fingerprint density at radius 2 is 1.89 bits per heavy atom. The van der Waals surface area contributed by atoms with Gasteiger partial charge in [-0.15, -0.1) is 23.4 Å². The lowest BCUT2D eigenvalue weighted by Gasteiger charge is -2.38. The summed E-state index contributed by atoms with van der Waals surface area (Å²) in [5.74, 6) is 0.430. The van der Waals surface area contributed by atoms with Crippen molar-refractivity contribution in [3.05, 3.63) is 0 Å². The van der Waals surface area contributed by atoms with Crippen molar-refractivity contribution in [3.63, 3.8) is 0 Å². The molecule has 0 saturated heterocycles. The average Bonchev–Trinajstić information content (AvgIpc) is 2.25. The standard InChI is InChI=1S/C14H25ClO2SSi/c1-10(16)7-11(17)9-18-14-8-12(19(2,3)4)5-6-13(14)15/h12-14H,5-9H2,1-4H3. The molecule has 0 heterocycles. The maximum Gasteiger partial charge on any atom is 0.150 e. The van der Waals surface area contributed by atoms with Crippen LogP contribution in [0.4, 0.5) is 0 Å². The fourth-order valence-corrected chi connectivity index (χ4v) is 6.41. The third-order valence-electron chi connectivity index (χ3n) is 3.84. The number of rotatable bonds is 6. The summed E-state index contributed by atoms with van der Waals surface area (Å²) in [5.41, 5.74) is 0.808. The van der Waals surface area contributed by atoms with Gasteiger partial charge in [-0.25, -0.2) is 0 Å². The molecule has 1 fully saturated rings. The van der Waals surface area contributed by atoms with Crippen molar-refractivity contribution in [1.29, 1.82) is 0 Å². The first-order chi connectivity index (χ1) is 8.70. The summed E-state index contributed by atoms with van der Waals surface area (Å²) in [5, 5.41) is 0.561. The molecular formula is C14H25ClO2SSi. The normalized spacial score (nSPS) is 28.2. The minimum absolute atomic E-state index is 0.0384. The molecule has 0 aromatic rings. The Labute approximate surface area is 127 Å². The van der Waals surface area contributed by atoms with E-state index in [1.165, 1.54) is 13.3 Å². The van der Waals surface area contributed by atoms with Gasteiger partial charge in [0.25, 0.3) is 0 Å². The average molecular weight is 321 g/mol. The number of hydrogen-bond acceptors (Lipinski definition) is 3. The number of carbonyl (C=O) groups excluding carboxylic acids is 2. The van der Waals surface area contributed by atoms with Gasteiger partial charge in [0.05, 0.1) is 12.2 Å². The van der Waals surface area contributed by atoms with Gasteiger partial charge in [0, 0.05) is 18.7 Å². The van der Waals surface area contributed by atoms with E-state index in [0.29, 0.717) is 11.0 Å². The first-order valence-electron chi connectivity index (χ1n) is 6.97. The molecule has 2 nitrogen and oxygen atoms in total. The number of ketones is 2. The second kappa shape index (κ2) is 7.28. The number of carbonyl (C=O) groups is 2. The first-order valence-corrected chi connectivity index (χ1v) is 12.0. The van der Waals surface area contributed by atoms with Gasteiger partial charge in [-0.05, 0) is 25.3 Å². The summed E-state index contributed by atoms with van der Waals surface area (Å²) >= 11 is 8.07. The summed E-state index contributed by atoms with van der Waals surface area (Å²) in [4.78, 5) is 22.5. The van der Waals surface area contributed by atoms with Crippen LogP contribution in [0, 0.1) is 0 Å². The Hall–Kier alpha value is 0.197. The highest BCUT2D eigenvalue weighted by Gasteiger charge is 2.36. The minimum atomic E-state index is -1.12. The van der Waals surface area contributed by atoms with Gasteiger partial charge in [-0.3, -0.25) is 9.59 Å². The van der Waals surface area contributed by atoms with Crippen LogP contribution in [0.3, 0.4) is 0 Å². The van der Waals surface area contributed by atoms with E-state index in [2.05, 4.69) is 19.6 Å². The van der Waals surface area contributed by atoms with Crippen molar-refractivity contribution in [1.82, 2.24) is 0 Å². The number of halogens is 1. The highest BCUT2D eigenvalue weighted by Crippen LogP contribution is 2.43. The Morgan fingerprint density at radius 1 is 1.26 bits per heavy atom. The summed E-state index contributed by atoms with van der Waals surface area (Å²) in [6, 6.07) is 0. The second-order valence-electron chi connectivity index (χ2n) is 6.66. The molecule has 110 valence electrons. The van der Waals surface area contributed by atoms with Gasteiger partial charge < -0.3 is 0 Å². The van der Waals surface area contributed by atoms with Crippen LogP contribution < -0.4 is 0 Å². The molecule has 0 N–H and O–H groups in total. The van der Waals surface area contributed by atoms with Crippen LogP contribution >= 0.6 is 23.4 Å². The number of hydrogen-bond donors (Lipinski definition) is 0. The molecule has 0 bridgehead atoms. The molecule has 0 aromatic carbocycles. The van der Waals surface area contributed by atoms with E-state index in [0.717, 1.165) is 18.4 Å². The highest BCUT2D eigenvalue weighted by molar-refractivity contribution is 8.00. The van der Waals surface area contributed by atoms with Crippen LogP contribution in [-0.2, 0) is 9.59 Å². The van der Waals surface area contributed by atoms with E-state index in [-0.39, 0.29) is 23.4 Å². The quantitative estimate of drug-likeness (QED) is 0.419. The molecule has 1 rings (SSSR count). The fraction of sp³-hybridized carbons (Fsp3) is 0.857. The maximum absolute atomic E-state index is 11.6. The van der Waals surface area contributed by atoms with E-state index < -0.39 is 8.07 Å². The van der Waals surface area contributed by atoms with Crippen LogP contribution in [-0.4, -0.2) is 36.0 Å². The largest absolute Gasteiger partial charge is 0.300 e. The number of alkyl halides is 1. The van der Waals surface area contributed by atoms with Gasteiger partial charge in [0.1, 0.15) is 11.6 Å². The van der Waals surface area contributed by atoms with Gasteiger partial charge in [-0.1, -0.05) is 26.1 Å². The predicted molar refractivity (Wildman–Crippen MR) is 87.1 cm³/mol. The zero-order valence-corrected chi connectivity index (χ0v) is 14.9. The Bertz CT molecular complexity index is 341. The summed E-state index contributed by atoms with van der Waals surface area (Å²) in [6.07, 6.45) is 3.52. The van der Waals surface area contributed by atoms with E-state index in [1.54, 1.807) is 11.8 Å². The molecule has 3 unspecified atom stereocenters. The Morgan fingerprint density at radius 3 is 2.42 bits per heavy atom. The summed E-state index contributed by atoms with van der Waals surface area (Å²) in [6.45, 7) is 8.70. The highest BCUT2D eigenvalue weighted by atomic mass is 35.5. The third kappa shape index (κ3) is 6.00. The summed E-state index contributed by atoms with van der Waals surface area (Å²) in [7, 11) is -1.12. The second-order valence-corrected chi connectivity index (χ2v) is 14.0. The van der Waals surface area contributed by atoms with Crippen molar-refractivity contribution in [2.24, 2.45) is 0 Å². The van der Waals surface area contributed by atoms with E-state index in [1.807, 2.05) is 0 Å². The van der Waals surface area contributed by atoms with E-state index in [9.17, 15) is 9.59 Å². The van der Waals surface area contributed by atoms with Gasteiger partial charge >= 0.3 is 0 Å². The van der Waals surface area contributed by atoms with Crippen LogP contribution in [0.5, 0.6) is 0 Å². The van der Waals surface area contributed by atoms with E-state index in [4.69, 9.17) is 11.6 Å². The third-order valence-corrected chi connectivity index (χ3v) is 8.92. The molecule has 0 aliphatic heterocycles. The molecule has 5 heteroatoms. The van der Waals surface area contributed by atoms with Crippen molar-refractivity contribution in [2.75, 3.05) is 5.75 Å². The van der Waals surface area contributed by atoms with Crippen LogP contribution in [0.25, 0.3) is 0 Å². The van der Waals surface area contributed by atoms with Crippen molar-refractivity contribution in [2.45, 2.75) is 68.4 Å². The monoisotopic (exact) mass is 320 g/mol.